The highest BCUT2D eigenvalue weighted by atomic mass is 16.4. The summed E-state index contributed by atoms with van der Waals surface area (Å²) >= 11 is 0. The fourth-order valence-electron chi connectivity index (χ4n) is 5.26. The van der Waals surface area contributed by atoms with Crippen LogP contribution in [0.1, 0.15) is 48.8 Å². The molecule has 1 saturated heterocycles. The zero-order chi connectivity index (χ0) is 31.1. The van der Waals surface area contributed by atoms with Crippen LogP contribution in [-0.4, -0.2) is 77.5 Å². The number of amides is 1. The molecular weight excluding hydrogens is 546 g/mol. The van der Waals surface area contributed by atoms with Gasteiger partial charge in [0.2, 0.25) is 5.91 Å². The van der Waals surface area contributed by atoms with Crippen molar-refractivity contribution in [3.63, 3.8) is 0 Å². The van der Waals surface area contributed by atoms with Crippen molar-refractivity contribution in [2.75, 3.05) is 13.1 Å². The number of hydrogen-bond acceptors (Lipinski definition) is 7. The molecular formula is C30H37N3O9. The number of carboxylic acid groups (broad SMARTS) is 3. The molecule has 2 aromatic carbocycles. The molecule has 42 heavy (non-hydrogen) atoms. The van der Waals surface area contributed by atoms with Crippen molar-refractivity contribution in [3.8, 4) is 0 Å². The molecule has 1 aliphatic rings. The fourth-order valence-corrected chi connectivity index (χ4v) is 5.26. The van der Waals surface area contributed by atoms with E-state index < -0.39 is 42.0 Å². The molecule has 226 valence electrons. The van der Waals surface area contributed by atoms with E-state index >= 15 is 0 Å². The van der Waals surface area contributed by atoms with E-state index in [0.29, 0.717) is 13.0 Å². The minimum absolute atomic E-state index is 0.282. The van der Waals surface area contributed by atoms with Crippen LogP contribution < -0.4 is 5.73 Å². The average molecular weight is 584 g/mol. The van der Waals surface area contributed by atoms with E-state index in [-0.39, 0.29) is 5.91 Å². The lowest BCUT2D eigenvalue weighted by Gasteiger charge is -2.39. The van der Waals surface area contributed by atoms with Crippen molar-refractivity contribution in [3.05, 3.63) is 71.4 Å². The maximum absolute atomic E-state index is 11.2. The predicted molar refractivity (Wildman–Crippen MR) is 152 cm³/mol. The van der Waals surface area contributed by atoms with E-state index in [9.17, 15) is 24.3 Å². The van der Waals surface area contributed by atoms with Crippen LogP contribution in [0.4, 0.5) is 0 Å². The molecule has 0 unspecified atom stereocenters. The topological polar surface area (TPSA) is 204 Å². The first kappa shape index (κ1) is 32.3. The smallest absolute Gasteiger partial charge is 0.336 e. The van der Waals surface area contributed by atoms with Crippen LogP contribution in [0, 0.1) is 6.92 Å². The number of hydrogen-bond donors (Lipinski definition) is 6. The summed E-state index contributed by atoms with van der Waals surface area (Å²) in [6.07, 6.45) is 1.67. The first-order valence-electron chi connectivity index (χ1n) is 13.5. The molecule has 0 bridgehead atoms. The van der Waals surface area contributed by atoms with Gasteiger partial charge in [-0.2, -0.15) is 0 Å². The Hall–Kier alpha value is -4.26. The number of carbonyl (C=O) groups excluding carboxylic acids is 1. The lowest BCUT2D eigenvalue weighted by Crippen LogP contribution is -2.42. The summed E-state index contributed by atoms with van der Waals surface area (Å²) in [6, 6.07) is 16.5. The Morgan fingerprint density at radius 3 is 2.05 bits per heavy atom. The van der Waals surface area contributed by atoms with Gasteiger partial charge in [0, 0.05) is 49.7 Å². The number of primary amides is 1. The van der Waals surface area contributed by atoms with E-state index in [1.165, 1.54) is 10.9 Å². The molecule has 12 heteroatoms. The van der Waals surface area contributed by atoms with Crippen molar-refractivity contribution >= 4 is 34.7 Å². The Morgan fingerprint density at radius 1 is 0.929 bits per heavy atom. The molecule has 1 fully saturated rings. The maximum Gasteiger partial charge on any atom is 0.336 e. The molecule has 3 aromatic rings. The third kappa shape index (κ3) is 8.15. The highest BCUT2D eigenvalue weighted by molar-refractivity contribution is 5.88. The number of carboxylic acids is 3. The predicted octanol–water partition coefficient (Wildman–Crippen LogP) is 2.06. The number of piperidine rings is 1. The van der Waals surface area contributed by atoms with E-state index in [1.54, 1.807) is 0 Å². The lowest BCUT2D eigenvalue weighted by molar-refractivity contribution is -0.170. The number of benzene rings is 2. The second-order valence-electron chi connectivity index (χ2n) is 10.7. The number of nitrogens with zero attached hydrogens (tertiary/aromatic N) is 2. The second kappa shape index (κ2) is 13.6. The summed E-state index contributed by atoms with van der Waals surface area (Å²) < 4.78 is 2.13. The number of aliphatic carboxylic acids is 3. The first-order chi connectivity index (χ1) is 19.7. The highest BCUT2D eigenvalue weighted by Crippen LogP contribution is 2.35. The van der Waals surface area contributed by atoms with Crippen LogP contribution >= 0.6 is 0 Å². The van der Waals surface area contributed by atoms with Crippen molar-refractivity contribution in [2.24, 2.45) is 5.73 Å². The van der Waals surface area contributed by atoms with Gasteiger partial charge >= 0.3 is 17.9 Å². The number of para-hydroxylation sites is 1. The van der Waals surface area contributed by atoms with Gasteiger partial charge in [0.15, 0.2) is 5.60 Å². The van der Waals surface area contributed by atoms with Gasteiger partial charge in [0.1, 0.15) is 0 Å². The third-order valence-electron chi connectivity index (χ3n) is 7.48. The maximum atomic E-state index is 11.2. The Balaban J connectivity index is 0.000000316. The summed E-state index contributed by atoms with van der Waals surface area (Å²) in [7, 11) is 0. The van der Waals surface area contributed by atoms with Crippen molar-refractivity contribution in [2.45, 2.75) is 63.3 Å². The van der Waals surface area contributed by atoms with E-state index in [4.69, 9.17) is 26.2 Å². The molecule has 7 N–H and O–H groups in total. The van der Waals surface area contributed by atoms with Gasteiger partial charge in [-0.3, -0.25) is 19.3 Å². The molecule has 0 spiro atoms. The normalized spacial score (nSPS) is 15.0. The molecule has 4 rings (SSSR count). The zero-order valence-electron chi connectivity index (χ0n) is 23.4. The molecule has 0 atom stereocenters. The van der Waals surface area contributed by atoms with Crippen LogP contribution in [0.2, 0.25) is 0 Å². The van der Waals surface area contributed by atoms with Crippen LogP contribution in [0.15, 0.2) is 54.7 Å². The Kier molecular flexibility index (Phi) is 10.4. The molecule has 1 aliphatic heterocycles. The third-order valence-corrected chi connectivity index (χ3v) is 7.48. The van der Waals surface area contributed by atoms with Crippen LogP contribution in [0.25, 0.3) is 10.9 Å². The average Bonchev–Trinajstić information content (AvgIpc) is 3.26. The van der Waals surface area contributed by atoms with Gasteiger partial charge < -0.3 is 35.8 Å². The Labute approximate surface area is 242 Å². The van der Waals surface area contributed by atoms with E-state index in [1.807, 2.05) is 18.2 Å². The summed E-state index contributed by atoms with van der Waals surface area (Å²) in [5.41, 5.74) is 6.47. The van der Waals surface area contributed by atoms with Crippen molar-refractivity contribution < 1.29 is 44.7 Å². The number of carbonyl (C=O) groups is 4. The molecule has 12 nitrogen and oxygen atoms in total. The van der Waals surface area contributed by atoms with Gasteiger partial charge in [-0.25, -0.2) is 4.79 Å². The standard InChI is InChI=1S/C24H29N3O2.C6H8O7/c1-18-6-2-4-8-21(18)24(29)11-14-26(15-12-24)16-19-17-27(13-10-23(25)28)22-9-5-3-7-20(19)22;7-3(8)1-6(13,5(11)12)2-4(9)10/h2-9,17,29H,10-16H2,1H3,(H2,25,28);13H,1-2H2,(H,7,8)(H,9,10)(H,11,12). The number of aliphatic hydroxyl groups is 2. The summed E-state index contributed by atoms with van der Waals surface area (Å²) in [5, 5.41) is 46.3. The first-order valence-corrected chi connectivity index (χ1v) is 13.5. The van der Waals surface area contributed by atoms with Crippen molar-refractivity contribution in [1.29, 1.82) is 0 Å². The number of rotatable bonds is 11. The highest BCUT2D eigenvalue weighted by Gasteiger charge is 2.41. The Morgan fingerprint density at radius 2 is 1.50 bits per heavy atom. The second-order valence-corrected chi connectivity index (χ2v) is 10.7. The summed E-state index contributed by atoms with van der Waals surface area (Å²) in [5.74, 6) is -5.30. The largest absolute Gasteiger partial charge is 0.481 e. The van der Waals surface area contributed by atoms with Crippen LogP contribution in [-0.2, 0) is 37.9 Å². The lowest BCUT2D eigenvalue weighted by atomic mass is 9.82. The molecule has 0 saturated carbocycles. The minimum atomic E-state index is -2.74. The van der Waals surface area contributed by atoms with Gasteiger partial charge in [-0.1, -0.05) is 42.5 Å². The van der Waals surface area contributed by atoms with Gasteiger partial charge in [-0.05, 0) is 42.5 Å². The number of likely N-dealkylation sites (tertiary alicyclic amines) is 1. The minimum Gasteiger partial charge on any atom is -0.481 e. The molecule has 0 aliphatic carbocycles. The van der Waals surface area contributed by atoms with Crippen molar-refractivity contribution in [1.82, 2.24) is 9.47 Å². The van der Waals surface area contributed by atoms with E-state index in [2.05, 4.69) is 52.9 Å². The van der Waals surface area contributed by atoms with Crippen LogP contribution in [0.3, 0.4) is 0 Å². The molecule has 2 heterocycles. The SMILES string of the molecule is Cc1ccccc1C1(O)CCN(Cc2cn(CCC(N)=O)c3ccccc23)CC1.O=C(O)CC(O)(CC(=O)O)C(=O)O. The quantitative estimate of drug-likeness (QED) is 0.194. The molecule has 0 radical (unpaired) electrons. The molecule has 1 aromatic heterocycles. The number of fused-ring (bicyclic) bond motifs is 1. The number of aromatic nitrogens is 1. The number of nitrogens with two attached hydrogens (primary N) is 1. The van der Waals surface area contributed by atoms with Gasteiger partial charge in [0.05, 0.1) is 18.4 Å². The van der Waals surface area contributed by atoms with Gasteiger partial charge in [-0.15, -0.1) is 0 Å². The molecule has 1 amide bonds. The summed E-state index contributed by atoms with van der Waals surface area (Å²) in [4.78, 5) is 44.1. The fraction of sp³-hybridized carbons (Fsp3) is 0.400. The zero-order valence-corrected chi connectivity index (χ0v) is 23.4. The Bertz CT molecular complexity index is 1420. The van der Waals surface area contributed by atoms with E-state index in [0.717, 1.165) is 49.1 Å². The van der Waals surface area contributed by atoms with Crippen LogP contribution in [0.5, 0.6) is 0 Å². The number of aryl methyl sites for hydroxylation is 2. The monoisotopic (exact) mass is 583 g/mol. The summed E-state index contributed by atoms with van der Waals surface area (Å²) in [6.45, 7) is 5.22. The van der Waals surface area contributed by atoms with Gasteiger partial charge in [0.25, 0.3) is 0 Å².